The molecule has 1 aromatic heterocycles. The topological polar surface area (TPSA) is 92.7 Å². The van der Waals surface area contributed by atoms with Crippen molar-refractivity contribution in [3.63, 3.8) is 0 Å². The van der Waals surface area contributed by atoms with Crippen LogP contribution in [0.1, 0.15) is 11.3 Å². The van der Waals surface area contributed by atoms with Crippen molar-refractivity contribution in [2.24, 2.45) is 4.99 Å². The Labute approximate surface area is 133 Å². The van der Waals surface area contributed by atoms with E-state index in [0.29, 0.717) is 25.6 Å². The number of nitrogens with one attached hydrogen (secondary N) is 2. The standard InChI is InChI=1S/C16H18N4O3/c1-2-9-17-16(19-12-15-4-3-10-23-15)18-11-13-5-7-14(8-6-13)20(21)22/h2-8,10H,1,9,11-12H2,(H2,17,18,19). The Morgan fingerprint density at radius 1 is 1.30 bits per heavy atom. The van der Waals surface area contributed by atoms with Crippen molar-refractivity contribution < 1.29 is 9.34 Å². The minimum Gasteiger partial charge on any atom is -0.467 e. The molecule has 1 aromatic carbocycles. The van der Waals surface area contributed by atoms with Crippen LogP contribution in [0.15, 0.2) is 64.7 Å². The van der Waals surface area contributed by atoms with Gasteiger partial charge in [-0.25, -0.2) is 4.99 Å². The first-order chi connectivity index (χ1) is 11.2. The number of nitro groups is 1. The Hall–Kier alpha value is -3.09. The lowest BCUT2D eigenvalue weighted by atomic mass is 10.2. The molecule has 0 saturated carbocycles. The molecule has 0 unspecified atom stereocenters. The van der Waals surface area contributed by atoms with Gasteiger partial charge in [0.05, 0.1) is 24.3 Å². The summed E-state index contributed by atoms with van der Waals surface area (Å²) in [5.41, 5.74) is 0.951. The van der Waals surface area contributed by atoms with Crippen LogP contribution in [0.25, 0.3) is 0 Å². The van der Waals surface area contributed by atoms with Gasteiger partial charge in [-0.15, -0.1) is 6.58 Å². The molecule has 0 radical (unpaired) electrons. The monoisotopic (exact) mass is 314 g/mol. The zero-order valence-corrected chi connectivity index (χ0v) is 12.6. The van der Waals surface area contributed by atoms with Crippen LogP contribution in [-0.4, -0.2) is 17.4 Å². The van der Waals surface area contributed by atoms with E-state index in [4.69, 9.17) is 4.42 Å². The maximum Gasteiger partial charge on any atom is 0.269 e. The lowest BCUT2D eigenvalue weighted by molar-refractivity contribution is -0.384. The largest absolute Gasteiger partial charge is 0.467 e. The lowest BCUT2D eigenvalue weighted by Crippen LogP contribution is -2.36. The zero-order valence-electron chi connectivity index (χ0n) is 12.6. The van der Waals surface area contributed by atoms with E-state index < -0.39 is 4.92 Å². The van der Waals surface area contributed by atoms with Crippen molar-refractivity contribution in [3.8, 4) is 0 Å². The van der Waals surface area contributed by atoms with Gasteiger partial charge >= 0.3 is 0 Å². The molecular formula is C16H18N4O3. The molecule has 0 atom stereocenters. The molecule has 7 heteroatoms. The second-order valence-electron chi connectivity index (χ2n) is 4.69. The summed E-state index contributed by atoms with van der Waals surface area (Å²) in [6.45, 7) is 5.15. The second-order valence-corrected chi connectivity index (χ2v) is 4.69. The summed E-state index contributed by atoms with van der Waals surface area (Å²) < 4.78 is 5.26. The number of nitro benzene ring substituents is 1. The molecule has 0 fully saturated rings. The van der Waals surface area contributed by atoms with Crippen LogP contribution in [-0.2, 0) is 13.1 Å². The van der Waals surface area contributed by atoms with Crippen LogP contribution in [0.3, 0.4) is 0 Å². The molecule has 7 nitrogen and oxygen atoms in total. The number of rotatable bonds is 7. The number of hydrogen-bond acceptors (Lipinski definition) is 4. The van der Waals surface area contributed by atoms with Crippen LogP contribution in [0.4, 0.5) is 5.69 Å². The molecule has 2 aromatic rings. The number of furan rings is 1. The van der Waals surface area contributed by atoms with Crippen molar-refractivity contribution in [2.75, 3.05) is 6.54 Å². The van der Waals surface area contributed by atoms with Crippen LogP contribution in [0.5, 0.6) is 0 Å². The lowest BCUT2D eigenvalue weighted by Gasteiger charge is -2.10. The molecular weight excluding hydrogens is 296 g/mol. The van der Waals surface area contributed by atoms with E-state index >= 15 is 0 Å². The van der Waals surface area contributed by atoms with Gasteiger partial charge in [-0.2, -0.15) is 0 Å². The van der Waals surface area contributed by atoms with E-state index in [2.05, 4.69) is 22.2 Å². The summed E-state index contributed by atoms with van der Waals surface area (Å²) in [4.78, 5) is 14.7. The summed E-state index contributed by atoms with van der Waals surface area (Å²) in [6.07, 6.45) is 3.35. The molecule has 0 aliphatic heterocycles. The van der Waals surface area contributed by atoms with Crippen molar-refractivity contribution in [1.29, 1.82) is 0 Å². The summed E-state index contributed by atoms with van der Waals surface area (Å²) in [7, 11) is 0. The molecule has 0 saturated heterocycles. The number of nitrogens with zero attached hydrogens (tertiary/aromatic N) is 2. The molecule has 0 amide bonds. The normalized spacial score (nSPS) is 11.0. The fourth-order valence-corrected chi connectivity index (χ4v) is 1.82. The third-order valence-electron chi connectivity index (χ3n) is 2.99. The minimum atomic E-state index is -0.422. The summed E-state index contributed by atoms with van der Waals surface area (Å²) in [6, 6.07) is 10.0. The van der Waals surface area contributed by atoms with Crippen molar-refractivity contribution >= 4 is 11.6 Å². The minimum absolute atomic E-state index is 0.0682. The van der Waals surface area contributed by atoms with Gasteiger partial charge in [-0.1, -0.05) is 18.2 Å². The first-order valence-corrected chi connectivity index (χ1v) is 7.08. The van der Waals surface area contributed by atoms with E-state index in [0.717, 1.165) is 11.3 Å². The van der Waals surface area contributed by atoms with Crippen molar-refractivity contribution in [2.45, 2.75) is 13.1 Å². The molecule has 120 valence electrons. The highest BCUT2D eigenvalue weighted by atomic mass is 16.6. The maximum absolute atomic E-state index is 10.6. The van der Waals surface area contributed by atoms with Crippen LogP contribution < -0.4 is 10.6 Å². The van der Waals surface area contributed by atoms with Crippen LogP contribution >= 0.6 is 0 Å². The Kier molecular flexibility index (Phi) is 5.93. The first-order valence-electron chi connectivity index (χ1n) is 7.08. The van der Waals surface area contributed by atoms with Crippen molar-refractivity contribution in [1.82, 2.24) is 10.6 Å². The van der Waals surface area contributed by atoms with Crippen LogP contribution in [0.2, 0.25) is 0 Å². The number of aliphatic imine (C=N–C) groups is 1. The maximum atomic E-state index is 10.6. The molecule has 0 bridgehead atoms. The Bertz CT molecular complexity index is 663. The predicted octanol–water partition coefficient (Wildman–Crippen LogP) is 2.61. The van der Waals surface area contributed by atoms with E-state index in [1.807, 2.05) is 12.1 Å². The molecule has 23 heavy (non-hydrogen) atoms. The van der Waals surface area contributed by atoms with Gasteiger partial charge in [0, 0.05) is 18.7 Å². The number of hydrogen-bond donors (Lipinski definition) is 2. The first kappa shape index (κ1) is 16.3. The van der Waals surface area contributed by atoms with E-state index in [9.17, 15) is 10.1 Å². The highest BCUT2D eigenvalue weighted by molar-refractivity contribution is 5.79. The van der Waals surface area contributed by atoms with Gasteiger partial charge in [-0.3, -0.25) is 10.1 Å². The van der Waals surface area contributed by atoms with E-state index in [1.165, 1.54) is 12.1 Å². The van der Waals surface area contributed by atoms with Gasteiger partial charge in [0.25, 0.3) is 5.69 Å². The molecule has 0 aliphatic carbocycles. The summed E-state index contributed by atoms with van der Waals surface area (Å²) in [5, 5.41) is 16.9. The van der Waals surface area contributed by atoms with Crippen molar-refractivity contribution in [3.05, 3.63) is 76.8 Å². The van der Waals surface area contributed by atoms with E-state index in [1.54, 1.807) is 24.5 Å². The SMILES string of the molecule is C=CCNC(=NCc1ccc([N+](=O)[O-])cc1)NCc1ccco1. The van der Waals surface area contributed by atoms with Gasteiger partial charge in [0.1, 0.15) is 5.76 Å². The van der Waals surface area contributed by atoms with Gasteiger partial charge in [0.2, 0.25) is 0 Å². The summed E-state index contributed by atoms with van der Waals surface area (Å²) in [5.74, 6) is 1.41. The molecule has 0 spiro atoms. The van der Waals surface area contributed by atoms with Gasteiger partial charge in [-0.05, 0) is 17.7 Å². The second kappa shape index (κ2) is 8.38. The Morgan fingerprint density at radius 2 is 2.09 bits per heavy atom. The molecule has 0 aliphatic rings. The third kappa shape index (κ3) is 5.31. The van der Waals surface area contributed by atoms with Crippen LogP contribution in [0, 0.1) is 10.1 Å². The highest BCUT2D eigenvalue weighted by Crippen LogP contribution is 2.12. The Morgan fingerprint density at radius 3 is 2.70 bits per heavy atom. The molecule has 2 rings (SSSR count). The number of non-ortho nitro benzene ring substituents is 1. The molecule has 1 heterocycles. The molecule has 2 N–H and O–H groups in total. The van der Waals surface area contributed by atoms with Gasteiger partial charge in [0.15, 0.2) is 5.96 Å². The average Bonchev–Trinajstić information content (AvgIpc) is 3.08. The van der Waals surface area contributed by atoms with E-state index in [-0.39, 0.29) is 5.69 Å². The fourth-order valence-electron chi connectivity index (χ4n) is 1.82. The highest BCUT2D eigenvalue weighted by Gasteiger charge is 2.04. The summed E-state index contributed by atoms with van der Waals surface area (Å²) >= 11 is 0. The zero-order chi connectivity index (χ0) is 16.5. The number of benzene rings is 1. The third-order valence-corrected chi connectivity index (χ3v) is 2.99. The smallest absolute Gasteiger partial charge is 0.269 e. The van der Waals surface area contributed by atoms with Gasteiger partial charge < -0.3 is 15.1 Å². The Balaban J connectivity index is 1.97. The quantitative estimate of drug-likeness (QED) is 0.269. The fraction of sp³-hybridized carbons (Fsp3) is 0.188. The predicted molar refractivity (Wildman–Crippen MR) is 88.0 cm³/mol. The average molecular weight is 314 g/mol. The number of guanidine groups is 1.